The summed E-state index contributed by atoms with van der Waals surface area (Å²) in [6.07, 6.45) is 2.13. The van der Waals surface area contributed by atoms with Crippen LogP contribution in [0.4, 0.5) is 0 Å². The van der Waals surface area contributed by atoms with Crippen LogP contribution in [0.2, 0.25) is 0 Å². The van der Waals surface area contributed by atoms with E-state index < -0.39 is 5.97 Å². The molecule has 2 atom stereocenters. The summed E-state index contributed by atoms with van der Waals surface area (Å²) < 4.78 is 4.48. The minimum atomic E-state index is -0.421. The second-order valence-electron chi connectivity index (χ2n) is 5.36. The van der Waals surface area contributed by atoms with Crippen molar-refractivity contribution in [3.63, 3.8) is 0 Å². The summed E-state index contributed by atoms with van der Waals surface area (Å²) in [6.45, 7) is 8.14. The Bertz CT molecular complexity index is 354. The molecule has 0 unspecified atom stereocenters. The Balaban J connectivity index is 2.54. The molecule has 17 heavy (non-hydrogen) atoms. The highest BCUT2D eigenvalue weighted by atomic mass is 16.5. The Hall–Kier alpha value is -1.32. The monoisotopic (exact) mass is 239 g/mol. The van der Waals surface area contributed by atoms with Crippen molar-refractivity contribution in [2.45, 2.75) is 27.7 Å². The number of nitrogens with one attached hydrogen (secondary N) is 1. The van der Waals surface area contributed by atoms with E-state index in [0.29, 0.717) is 0 Å². The van der Waals surface area contributed by atoms with Crippen molar-refractivity contribution in [2.24, 2.45) is 17.3 Å². The number of rotatable bonds is 4. The zero-order chi connectivity index (χ0) is 13.2. The number of carbonyl (C=O) groups is 2. The molecule has 0 bridgehead atoms. The van der Waals surface area contributed by atoms with Crippen LogP contribution in [0, 0.1) is 17.3 Å². The number of esters is 1. The van der Waals surface area contributed by atoms with Gasteiger partial charge in [-0.3, -0.25) is 9.59 Å². The highest BCUT2D eigenvalue weighted by molar-refractivity contribution is 5.86. The number of carbonyl (C=O) groups excluding carboxylic acids is 2. The zero-order valence-corrected chi connectivity index (χ0v) is 11.2. The molecular formula is C13H21NO3. The fourth-order valence-corrected chi connectivity index (χ4v) is 2.19. The van der Waals surface area contributed by atoms with Crippen molar-refractivity contribution in [3.05, 3.63) is 11.6 Å². The van der Waals surface area contributed by atoms with Gasteiger partial charge in [-0.25, -0.2) is 0 Å². The predicted molar refractivity (Wildman–Crippen MR) is 65.2 cm³/mol. The maximum Gasteiger partial charge on any atom is 0.325 e. The van der Waals surface area contributed by atoms with Gasteiger partial charge >= 0.3 is 5.97 Å². The SMILES string of the molecule is COC(=O)CNC(=O)[C@H]1[C@@H](C=C(C)C)C1(C)C. The molecule has 0 aromatic rings. The molecule has 0 saturated heterocycles. The van der Waals surface area contributed by atoms with Crippen LogP contribution in [0.3, 0.4) is 0 Å². The number of hydrogen-bond donors (Lipinski definition) is 1. The fourth-order valence-electron chi connectivity index (χ4n) is 2.19. The van der Waals surface area contributed by atoms with E-state index in [4.69, 9.17) is 0 Å². The van der Waals surface area contributed by atoms with Crippen molar-refractivity contribution in [1.29, 1.82) is 0 Å². The molecule has 1 N–H and O–H groups in total. The van der Waals surface area contributed by atoms with E-state index in [0.717, 1.165) is 0 Å². The first-order valence-electron chi connectivity index (χ1n) is 5.80. The number of hydrogen-bond acceptors (Lipinski definition) is 3. The van der Waals surface area contributed by atoms with Gasteiger partial charge in [-0.1, -0.05) is 25.5 Å². The second kappa shape index (κ2) is 4.90. The van der Waals surface area contributed by atoms with Crippen LogP contribution in [0.1, 0.15) is 27.7 Å². The van der Waals surface area contributed by atoms with Crippen molar-refractivity contribution in [2.75, 3.05) is 13.7 Å². The maximum atomic E-state index is 11.9. The fraction of sp³-hybridized carbons (Fsp3) is 0.692. The van der Waals surface area contributed by atoms with Gasteiger partial charge in [-0.2, -0.15) is 0 Å². The second-order valence-corrected chi connectivity index (χ2v) is 5.36. The summed E-state index contributed by atoms with van der Waals surface area (Å²) in [5.74, 6) is -0.259. The predicted octanol–water partition coefficient (Wildman–Crippen LogP) is 1.51. The van der Waals surface area contributed by atoms with E-state index in [9.17, 15) is 9.59 Å². The van der Waals surface area contributed by atoms with Gasteiger partial charge in [-0.15, -0.1) is 0 Å². The topological polar surface area (TPSA) is 55.4 Å². The van der Waals surface area contributed by atoms with Gasteiger partial charge in [0, 0.05) is 0 Å². The average molecular weight is 239 g/mol. The number of methoxy groups -OCH3 is 1. The third kappa shape index (κ3) is 3.08. The molecule has 0 aliphatic heterocycles. The van der Waals surface area contributed by atoms with Crippen LogP contribution in [-0.2, 0) is 14.3 Å². The van der Waals surface area contributed by atoms with Gasteiger partial charge in [0.2, 0.25) is 5.91 Å². The van der Waals surface area contributed by atoms with Gasteiger partial charge in [0.15, 0.2) is 0 Å². The van der Waals surface area contributed by atoms with E-state index in [1.54, 1.807) is 0 Å². The van der Waals surface area contributed by atoms with E-state index in [1.165, 1.54) is 12.7 Å². The first-order chi connectivity index (χ1) is 7.80. The van der Waals surface area contributed by atoms with Crippen LogP contribution in [-0.4, -0.2) is 25.5 Å². The molecule has 0 radical (unpaired) electrons. The van der Waals surface area contributed by atoms with Crippen LogP contribution >= 0.6 is 0 Å². The summed E-state index contributed by atoms with van der Waals surface area (Å²) in [7, 11) is 1.31. The molecule has 1 saturated carbocycles. The first kappa shape index (κ1) is 13.7. The Morgan fingerprint density at radius 1 is 1.35 bits per heavy atom. The Morgan fingerprint density at radius 3 is 2.41 bits per heavy atom. The highest BCUT2D eigenvalue weighted by Gasteiger charge is 2.60. The van der Waals surface area contributed by atoms with Crippen LogP contribution < -0.4 is 5.32 Å². The van der Waals surface area contributed by atoms with Gasteiger partial charge in [-0.05, 0) is 25.2 Å². The van der Waals surface area contributed by atoms with E-state index >= 15 is 0 Å². The molecule has 1 amide bonds. The van der Waals surface area contributed by atoms with Gasteiger partial charge in [0.1, 0.15) is 6.54 Å². The smallest absolute Gasteiger partial charge is 0.325 e. The van der Waals surface area contributed by atoms with Crippen molar-refractivity contribution in [3.8, 4) is 0 Å². The number of amides is 1. The maximum absolute atomic E-state index is 11.9. The molecule has 4 nitrogen and oxygen atoms in total. The molecule has 0 aromatic carbocycles. The lowest BCUT2D eigenvalue weighted by Crippen LogP contribution is -2.32. The largest absolute Gasteiger partial charge is 0.468 e. The van der Waals surface area contributed by atoms with E-state index in [2.05, 4.69) is 30.0 Å². The van der Waals surface area contributed by atoms with E-state index in [-0.39, 0.29) is 29.7 Å². The molecule has 1 aliphatic rings. The van der Waals surface area contributed by atoms with Crippen LogP contribution in [0.25, 0.3) is 0 Å². The van der Waals surface area contributed by atoms with Gasteiger partial charge in [0.05, 0.1) is 13.0 Å². The van der Waals surface area contributed by atoms with E-state index in [1.807, 2.05) is 13.8 Å². The third-order valence-electron chi connectivity index (χ3n) is 3.34. The van der Waals surface area contributed by atoms with Crippen LogP contribution in [0.5, 0.6) is 0 Å². The molecule has 1 fully saturated rings. The Kier molecular flexibility index (Phi) is 3.96. The normalized spacial score (nSPS) is 24.8. The third-order valence-corrected chi connectivity index (χ3v) is 3.34. The minimum absolute atomic E-state index is 0.0164. The Labute approximate surface area is 102 Å². The lowest BCUT2D eigenvalue weighted by Gasteiger charge is -2.04. The zero-order valence-electron chi connectivity index (χ0n) is 11.2. The number of ether oxygens (including phenoxy) is 1. The lowest BCUT2D eigenvalue weighted by atomic mass is 10.1. The van der Waals surface area contributed by atoms with Gasteiger partial charge in [0.25, 0.3) is 0 Å². The molecule has 1 rings (SSSR count). The lowest BCUT2D eigenvalue weighted by molar-refractivity contribution is -0.141. The van der Waals surface area contributed by atoms with Gasteiger partial charge < -0.3 is 10.1 Å². The summed E-state index contributed by atoms with van der Waals surface area (Å²) in [6, 6.07) is 0. The summed E-state index contributed by atoms with van der Waals surface area (Å²) in [4.78, 5) is 22.8. The molecule has 1 aliphatic carbocycles. The number of allylic oxidation sites excluding steroid dienone is 2. The quantitative estimate of drug-likeness (QED) is 0.597. The molecule has 0 aromatic heterocycles. The standard InChI is InChI=1S/C13H21NO3/c1-8(2)6-9-11(13(9,3)4)12(16)14-7-10(15)17-5/h6,9,11H,7H2,1-5H3,(H,14,16)/t9-,11-/m1/s1. The molecule has 96 valence electrons. The van der Waals surface area contributed by atoms with Crippen molar-refractivity contribution in [1.82, 2.24) is 5.32 Å². The first-order valence-corrected chi connectivity index (χ1v) is 5.80. The summed E-state index contributed by atoms with van der Waals surface area (Å²) >= 11 is 0. The average Bonchev–Trinajstić information content (AvgIpc) is 2.75. The molecular weight excluding hydrogens is 218 g/mol. The molecule has 0 heterocycles. The molecule has 0 spiro atoms. The van der Waals surface area contributed by atoms with Crippen molar-refractivity contribution >= 4 is 11.9 Å². The minimum Gasteiger partial charge on any atom is -0.468 e. The Morgan fingerprint density at radius 2 is 1.94 bits per heavy atom. The molecule has 4 heteroatoms. The summed E-state index contributed by atoms with van der Waals surface area (Å²) in [5.41, 5.74) is 1.20. The summed E-state index contributed by atoms with van der Waals surface area (Å²) in [5, 5.41) is 2.61. The van der Waals surface area contributed by atoms with Crippen LogP contribution in [0.15, 0.2) is 11.6 Å². The highest BCUT2D eigenvalue weighted by Crippen LogP contribution is 2.59. The van der Waals surface area contributed by atoms with Crippen molar-refractivity contribution < 1.29 is 14.3 Å².